The van der Waals surface area contributed by atoms with Crippen LogP contribution in [0.3, 0.4) is 0 Å². The quantitative estimate of drug-likeness (QED) is 0.885. The maximum Gasteiger partial charge on any atom is 0.165 e. The van der Waals surface area contributed by atoms with Crippen LogP contribution in [0.25, 0.3) is 0 Å². The van der Waals surface area contributed by atoms with Gasteiger partial charge in [0.25, 0.3) is 0 Å². The molecule has 1 heterocycles. The molecule has 2 rings (SSSR count). The van der Waals surface area contributed by atoms with E-state index >= 15 is 0 Å². The Labute approximate surface area is 114 Å². The van der Waals surface area contributed by atoms with Crippen LogP contribution in [0, 0.1) is 5.82 Å². The first-order valence-corrected chi connectivity index (χ1v) is 6.50. The Balaban J connectivity index is 2.05. The van der Waals surface area contributed by atoms with E-state index in [2.05, 4.69) is 4.98 Å². The molecule has 102 valence electrons. The number of benzene rings is 1. The van der Waals surface area contributed by atoms with Crippen molar-refractivity contribution in [1.82, 2.24) is 4.98 Å². The van der Waals surface area contributed by atoms with Gasteiger partial charge in [-0.2, -0.15) is 0 Å². The van der Waals surface area contributed by atoms with Crippen molar-refractivity contribution in [2.24, 2.45) is 0 Å². The van der Waals surface area contributed by atoms with Crippen molar-refractivity contribution in [2.75, 3.05) is 7.11 Å². The highest BCUT2D eigenvalue weighted by molar-refractivity contribution is 7.11. The van der Waals surface area contributed by atoms with Crippen molar-refractivity contribution in [3.63, 3.8) is 0 Å². The Bertz CT molecular complexity index is 544. The molecule has 6 heteroatoms. The minimum Gasteiger partial charge on any atom is -0.483 e. The van der Waals surface area contributed by atoms with Crippen molar-refractivity contribution >= 4 is 11.3 Å². The fraction of sp³-hybridized carbons (Fsp3) is 0.308. The van der Waals surface area contributed by atoms with Crippen LogP contribution in [0.1, 0.15) is 15.6 Å². The standard InChI is InChI=1S/C13H14FNO3S/c1-17-7-10-12(6-16)19-13(15-10)8-18-11-5-3-2-4-9(11)14/h2-5,16H,6-8H2,1H3. The lowest BCUT2D eigenvalue weighted by molar-refractivity contribution is 0.178. The van der Waals surface area contributed by atoms with E-state index in [4.69, 9.17) is 9.47 Å². The summed E-state index contributed by atoms with van der Waals surface area (Å²) in [6, 6.07) is 6.21. The highest BCUT2D eigenvalue weighted by atomic mass is 32.1. The van der Waals surface area contributed by atoms with Crippen molar-refractivity contribution in [1.29, 1.82) is 0 Å². The molecule has 0 aliphatic heterocycles. The molecule has 0 aliphatic carbocycles. The lowest BCUT2D eigenvalue weighted by Crippen LogP contribution is -1.98. The highest BCUT2D eigenvalue weighted by Crippen LogP contribution is 2.22. The van der Waals surface area contributed by atoms with Gasteiger partial charge in [-0.05, 0) is 12.1 Å². The van der Waals surface area contributed by atoms with Gasteiger partial charge in [0.15, 0.2) is 11.6 Å². The molecule has 0 saturated carbocycles. The molecule has 0 fully saturated rings. The zero-order chi connectivity index (χ0) is 13.7. The number of hydrogen-bond donors (Lipinski definition) is 1. The average molecular weight is 283 g/mol. The van der Waals surface area contributed by atoms with E-state index in [1.54, 1.807) is 25.3 Å². The second kappa shape index (κ2) is 6.60. The van der Waals surface area contributed by atoms with E-state index in [-0.39, 0.29) is 19.0 Å². The molecular weight excluding hydrogens is 269 g/mol. The molecule has 0 unspecified atom stereocenters. The molecule has 1 aromatic heterocycles. The van der Waals surface area contributed by atoms with Crippen LogP contribution >= 0.6 is 11.3 Å². The molecule has 0 spiro atoms. The lowest BCUT2D eigenvalue weighted by atomic mass is 10.3. The summed E-state index contributed by atoms with van der Waals surface area (Å²) in [5.41, 5.74) is 0.696. The van der Waals surface area contributed by atoms with Gasteiger partial charge in [-0.1, -0.05) is 12.1 Å². The van der Waals surface area contributed by atoms with Gasteiger partial charge >= 0.3 is 0 Å². The fourth-order valence-electron chi connectivity index (χ4n) is 1.57. The van der Waals surface area contributed by atoms with Crippen molar-refractivity contribution < 1.29 is 19.0 Å². The predicted octanol–water partition coefficient (Wildman–Crippen LogP) is 2.50. The van der Waals surface area contributed by atoms with Crippen molar-refractivity contribution in [3.8, 4) is 5.75 Å². The monoisotopic (exact) mass is 283 g/mol. The number of ether oxygens (including phenoxy) is 2. The molecule has 0 saturated heterocycles. The number of methoxy groups -OCH3 is 1. The summed E-state index contributed by atoms with van der Waals surface area (Å²) in [5, 5.41) is 9.88. The molecule has 0 bridgehead atoms. The van der Waals surface area contributed by atoms with E-state index < -0.39 is 5.82 Å². The number of rotatable bonds is 6. The predicted molar refractivity (Wildman–Crippen MR) is 69.5 cm³/mol. The smallest absolute Gasteiger partial charge is 0.165 e. The van der Waals surface area contributed by atoms with Gasteiger partial charge in [-0.3, -0.25) is 0 Å². The summed E-state index contributed by atoms with van der Waals surface area (Å²) < 4.78 is 23.7. The first kappa shape index (κ1) is 13.9. The average Bonchev–Trinajstić information content (AvgIpc) is 2.81. The largest absolute Gasteiger partial charge is 0.483 e. The number of nitrogens with zero attached hydrogens (tertiary/aromatic N) is 1. The van der Waals surface area contributed by atoms with Gasteiger partial charge in [0, 0.05) is 7.11 Å². The van der Waals surface area contributed by atoms with Crippen LogP contribution in [0.15, 0.2) is 24.3 Å². The van der Waals surface area contributed by atoms with E-state index in [1.165, 1.54) is 17.4 Å². The second-order valence-corrected chi connectivity index (χ2v) is 4.96. The summed E-state index contributed by atoms with van der Waals surface area (Å²) in [7, 11) is 1.57. The summed E-state index contributed by atoms with van der Waals surface area (Å²) in [6.07, 6.45) is 0. The minimum atomic E-state index is -0.404. The van der Waals surface area contributed by atoms with Gasteiger partial charge in [-0.25, -0.2) is 9.37 Å². The van der Waals surface area contributed by atoms with Crippen LogP contribution in [-0.2, 0) is 24.6 Å². The molecule has 0 aliphatic rings. The third kappa shape index (κ3) is 3.50. The maximum absolute atomic E-state index is 13.4. The fourth-order valence-corrected chi connectivity index (χ4v) is 2.42. The van der Waals surface area contributed by atoms with E-state index in [0.29, 0.717) is 17.3 Å². The molecule has 0 radical (unpaired) electrons. The zero-order valence-corrected chi connectivity index (χ0v) is 11.2. The molecular formula is C13H14FNO3S. The third-order valence-corrected chi connectivity index (χ3v) is 3.49. The lowest BCUT2D eigenvalue weighted by Gasteiger charge is -2.04. The van der Waals surface area contributed by atoms with Gasteiger partial charge in [0.05, 0.1) is 23.8 Å². The van der Waals surface area contributed by atoms with Gasteiger partial charge in [-0.15, -0.1) is 11.3 Å². The number of para-hydroxylation sites is 1. The van der Waals surface area contributed by atoms with Gasteiger partial charge in [0.1, 0.15) is 11.6 Å². The van der Waals surface area contributed by atoms with Crippen LogP contribution in [0.2, 0.25) is 0 Å². The second-order valence-electron chi connectivity index (χ2n) is 3.79. The first-order chi connectivity index (χ1) is 9.24. The Hall–Kier alpha value is -1.50. The number of hydrogen-bond acceptors (Lipinski definition) is 5. The molecule has 1 aromatic carbocycles. The number of aromatic nitrogens is 1. The maximum atomic E-state index is 13.4. The Morgan fingerprint density at radius 3 is 2.79 bits per heavy atom. The summed E-state index contributed by atoms with van der Waals surface area (Å²) in [6.45, 7) is 0.421. The molecule has 0 amide bonds. The van der Waals surface area contributed by atoms with Crippen LogP contribution in [0.5, 0.6) is 5.75 Å². The molecule has 4 nitrogen and oxygen atoms in total. The number of thiazole rings is 1. The van der Waals surface area contributed by atoms with Crippen molar-refractivity contribution in [2.45, 2.75) is 19.8 Å². The number of aliphatic hydroxyl groups excluding tert-OH is 1. The van der Waals surface area contributed by atoms with Crippen LogP contribution in [-0.4, -0.2) is 17.2 Å². The van der Waals surface area contributed by atoms with Crippen LogP contribution in [0.4, 0.5) is 4.39 Å². The Morgan fingerprint density at radius 1 is 1.32 bits per heavy atom. The Kier molecular flexibility index (Phi) is 4.84. The van der Waals surface area contributed by atoms with E-state index in [1.807, 2.05) is 0 Å². The zero-order valence-electron chi connectivity index (χ0n) is 10.4. The normalized spacial score (nSPS) is 10.7. The SMILES string of the molecule is COCc1nc(COc2ccccc2F)sc1CO. The van der Waals surface area contributed by atoms with E-state index in [9.17, 15) is 9.50 Å². The molecule has 1 N–H and O–H groups in total. The molecule has 2 aromatic rings. The van der Waals surface area contributed by atoms with Crippen molar-refractivity contribution in [3.05, 3.63) is 45.7 Å². The summed E-state index contributed by atoms with van der Waals surface area (Å²) >= 11 is 1.34. The van der Waals surface area contributed by atoms with Gasteiger partial charge in [0.2, 0.25) is 0 Å². The summed E-state index contributed by atoms with van der Waals surface area (Å²) in [4.78, 5) is 5.05. The molecule has 19 heavy (non-hydrogen) atoms. The first-order valence-electron chi connectivity index (χ1n) is 5.69. The third-order valence-electron chi connectivity index (χ3n) is 2.44. The van der Waals surface area contributed by atoms with Gasteiger partial charge < -0.3 is 14.6 Å². The number of halogens is 1. The van der Waals surface area contributed by atoms with Crippen LogP contribution < -0.4 is 4.74 Å². The minimum absolute atomic E-state index is 0.0872. The summed E-state index contributed by atoms with van der Waals surface area (Å²) in [5.74, 6) is -0.213. The topological polar surface area (TPSA) is 51.6 Å². The van der Waals surface area contributed by atoms with E-state index in [0.717, 1.165) is 4.88 Å². The molecule has 0 atom stereocenters. The highest BCUT2D eigenvalue weighted by Gasteiger charge is 2.11. The number of aliphatic hydroxyl groups is 1. The Morgan fingerprint density at radius 2 is 2.11 bits per heavy atom.